The summed E-state index contributed by atoms with van der Waals surface area (Å²) in [4.78, 5) is 14.2. The average Bonchev–Trinajstić information content (AvgIpc) is 3.18. The number of hydrogen-bond acceptors (Lipinski definition) is 2. The van der Waals surface area contributed by atoms with E-state index < -0.39 is 5.41 Å². The van der Waals surface area contributed by atoms with E-state index in [1.807, 2.05) is 23.1 Å². The van der Waals surface area contributed by atoms with Crippen LogP contribution in [0.5, 0.6) is 0 Å². The molecule has 0 bridgehead atoms. The smallest absolute Gasteiger partial charge is 0.247 e. The lowest BCUT2D eigenvalue weighted by Gasteiger charge is -2.30. The molecule has 0 spiro atoms. The number of carbonyl (C=O) groups is 1. The van der Waals surface area contributed by atoms with Gasteiger partial charge in [0.2, 0.25) is 5.91 Å². The van der Waals surface area contributed by atoms with Crippen molar-refractivity contribution >= 4 is 11.6 Å². The number of benzene rings is 1. The van der Waals surface area contributed by atoms with E-state index in [2.05, 4.69) is 12.1 Å². The molecule has 0 aromatic heterocycles. The topological polar surface area (TPSA) is 44.1 Å². The number of nitriles is 1. The van der Waals surface area contributed by atoms with Gasteiger partial charge in [-0.1, -0.05) is 18.2 Å². The Kier molecular flexibility index (Phi) is 2.19. The van der Waals surface area contributed by atoms with Crippen LogP contribution in [0.4, 0.5) is 5.69 Å². The Morgan fingerprint density at radius 2 is 2.12 bits per heavy atom. The summed E-state index contributed by atoms with van der Waals surface area (Å²) in [6.07, 6.45) is 3.46. The fourth-order valence-electron chi connectivity index (χ4n) is 2.50. The Morgan fingerprint density at radius 1 is 1.35 bits per heavy atom. The van der Waals surface area contributed by atoms with E-state index in [1.165, 1.54) is 5.56 Å². The molecule has 2 aliphatic rings. The Hall–Kier alpha value is -1.82. The van der Waals surface area contributed by atoms with Crippen molar-refractivity contribution in [3.8, 4) is 6.07 Å². The van der Waals surface area contributed by atoms with Crippen molar-refractivity contribution in [3.05, 3.63) is 29.8 Å². The van der Waals surface area contributed by atoms with Gasteiger partial charge >= 0.3 is 0 Å². The fourth-order valence-corrected chi connectivity index (χ4v) is 2.50. The first-order valence-electron chi connectivity index (χ1n) is 6.08. The quantitative estimate of drug-likeness (QED) is 0.737. The number of fused-ring (bicyclic) bond motifs is 1. The molecule has 3 nitrogen and oxygen atoms in total. The van der Waals surface area contributed by atoms with Gasteiger partial charge in [-0.15, -0.1) is 0 Å². The van der Waals surface area contributed by atoms with Crippen LogP contribution in [0.25, 0.3) is 0 Å². The van der Waals surface area contributed by atoms with E-state index in [9.17, 15) is 4.79 Å². The third-order valence-electron chi connectivity index (χ3n) is 3.73. The summed E-state index contributed by atoms with van der Waals surface area (Å²) in [5, 5.41) is 9.11. The van der Waals surface area contributed by atoms with Crippen LogP contribution in [0.15, 0.2) is 24.3 Å². The van der Waals surface area contributed by atoms with E-state index in [0.29, 0.717) is 0 Å². The SMILES string of the molecule is N#CC1(C(=O)N2CCCc3ccccc32)CC1. The van der Waals surface area contributed by atoms with E-state index in [4.69, 9.17) is 5.26 Å². The van der Waals surface area contributed by atoms with Crippen molar-refractivity contribution in [2.24, 2.45) is 5.41 Å². The standard InChI is InChI=1S/C14H14N2O/c15-10-14(7-8-14)13(17)16-9-3-5-11-4-1-2-6-12(11)16/h1-2,4,6H,3,5,7-9H2. The van der Waals surface area contributed by atoms with Gasteiger partial charge in [0.15, 0.2) is 0 Å². The van der Waals surface area contributed by atoms with Gasteiger partial charge in [0.25, 0.3) is 0 Å². The molecule has 1 fully saturated rings. The van der Waals surface area contributed by atoms with Gasteiger partial charge < -0.3 is 4.90 Å². The number of aryl methyl sites for hydroxylation is 1. The first-order chi connectivity index (χ1) is 8.27. The summed E-state index contributed by atoms with van der Waals surface area (Å²) in [6, 6.07) is 10.2. The minimum atomic E-state index is -0.704. The summed E-state index contributed by atoms with van der Waals surface area (Å²) >= 11 is 0. The second-order valence-corrected chi connectivity index (χ2v) is 4.88. The lowest BCUT2D eigenvalue weighted by atomic mass is 9.99. The molecule has 1 saturated carbocycles. The number of hydrogen-bond donors (Lipinski definition) is 0. The Morgan fingerprint density at radius 3 is 2.82 bits per heavy atom. The average molecular weight is 226 g/mol. The molecule has 0 radical (unpaired) electrons. The largest absolute Gasteiger partial charge is 0.311 e. The number of para-hydroxylation sites is 1. The van der Waals surface area contributed by atoms with Gasteiger partial charge in [-0.25, -0.2) is 0 Å². The van der Waals surface area contributed by atoms with Crippen molar-refractivity contribution in [3.63, 3.8) is 0 Å². The lowest BCUT2D eigenvalue weighted by Crippen LogP contribution is -2.40. The van der Waals surface area contributed by atoms with Gasteiger partial charge in [0.1, 0.15) is 5.41 Å². The van der Waals surface area contributed by atoms with Crippen molar-refractivity contribution in [1.82, 2.24) is 0 Å². The molecule has 3 heteroatoms. The molecular weight excluding hydrogens is 212 g/mol. The third-order valence-corrected chi connectivity index (χ3v) is 3.73. The predicted octanol–water partition coefficient (Wildman–Crippen LogP) is 2.27. The van der Waals surface area contributed by atoms with Crippen LogP contribution in [0.3, 0.4) is 0 Å². The van der Waals surface area contributed by atoms with Gasteiger partial charge in [0, 0.05) is 12.2 Å². The Bertz CT molecular complexity index is 511. The predicted molar refractivity (Wildman–Crippen MR) is 64.4 cm³/mol. The Balaban J connectivity index is 1.96. The molecule has 17 heavy (non-hydrogen) atoms. The van der Waals surface area contributed by atoms with E-state index in [-0.39, 0.29) is 5.91 Å². The number of anilines is 1. The molecule has 0 N–H and O–H groups in total. The highest BCUT2D eigenvalue weighted by molar-refractivity contribution is 6.02. The Labute approximate surface area is 101 Å². The molecule has 1 heterocycles. The second-order valence-electron chi connectivity index (χ2n) is 4.88. The minimum absolute atomic E-state index is 0.00662. The van der Waals surface area contributed by atoms with E-state index in [0.717, 1.165) is 37.9 Å². The van der Waals surface area contributed by atoms with Gasteiger partial charge in [0.05, 0.1) is 6.07 Å². The molecule has 0 unspecified atom stereocenters. The summed E-state index contributed by atoms with van der Waals surface area (Å²) in [6.45, 7) is 0.749. The molecule has 0 atom stereocenters. The van der Waals surface area contributed by atoms with Crippen LogP contribution in [-0.4, -0.2) is 12.5 Å². The molecule has 3 rings (SSSR count). The molecule has 1 amide bonds. The number of rotatable bonds is 1. The highest BCUT2D eigenvalue weighted by Gasteiger charge is 2.53. The fraction of sp³-hybridized carbons (Fsp3) is 0.429. The maximum Gasteiger partial charge on any atom is 0.247 e. The van der Waals surface area contributed by atoms with Crippen LogP contribution in [0, 0.1) is 16.7 Å². The molecule has 1 aliphatic heterocycles. The highest BCUT2D eigenvalue weighted by atomic mass is 16.2. The maximum atomic E-state index is 12.4. The maximum absolute atomic E-state index is 12.4. The van der Waals surface area contributed by atoms with Crippen LogP contribution < -0.4 is 4.90 Å². The van der Waals surface area contributed by atoms with Gasteiger partial charge in [-0.3, -0.25) is 4.79 Å². The monoisotopic (exact) mass is 226 g/mol. The van der Waals surface area contributed by atoms with E-state index in [1.54, 1.807) is 0 Å². The molecule has 86 valence electrons. The summed E-state index contributed by atoms with van der Waals surface area (Å²) in [5.41, 5.74) is 1.52. The van der Waals surface area contributed by atoms with Crippen molar-refractivity contribution < 1.29 is 4.79 Å². The van der Waals surface area contributed by atoms with Crippen LogP contribution >= 0.6 is 0 Å². The molecular formula is C14H14N2O. The van der Waals surface area contributed by atoms with Crippen molar-refractivity contribution in [2.45, 2.75) is 25.7 Å². The molecule has 1 aliphatic carbocycles. The molecule has 0 saturated heterocycles. The number of carbonyl (C=O) groups excluding carboxylic acids is 1. The number of amides is 1. The number of nitrogens with zero attached hydrogens (tertiary/aromatic N) is 2. The van der Waals surface area contributed by atoms with Gasteiger partial charge in [-0.05, 0) is 37.3 Å². The minimum Gasteiger partial charge on any atom is -0.311 e. The second kappa shape index (κ2) is 3.59. The van der Waals surface area contributed by atoms with E-state index >= 15 is 0 Å². The van der Waals surface area contributed by atoms with Crippen LogP contribution in [0.2, 0.25) is 0 Å². The third kappa shape index (κ3) is 1.52. The normalized spacial score (nSPS) is 20.3. The van der Waals surface area contributed by atoms with Crippen LogP contribution in [-0.2, 0) is 11.2 Å². The zero-order valence-corrected chi connectivity index (χ0v) is 9.65. The van der Waals surface area contributed by atoms with Crippen molar-refractivity contribution in [2.75, 3.05) is 11.4 Å². The lowest BCUT2D eigenvalue weighted by molar-refractivity contribution is -0.121. The summed E-state index contributed by atoms with van der Waals surface area (Å²) in [7, 11) is 0. The van der Waals surface area contributed by atoms with Crippen LogP contribution in [0.1, 0.15) is 24.8 Å². The zero-order valence-electron chi connectivity index (χ0n) is 9.65. The first kappa shape index (κ1) is 10.3. The summed E-state index contributed by atoms with van der Waals surface area (Å²) < 4.78 is 0. The molecule has 1 aromatic rings. The zero-order chi connectivity index (χ0) is 11.9. The highest BCUT2D eigenvalue weighted by Crippen LogP contribution is 2.47. The van der Waals surface area contributed by atoms with Gasteiger partial charge in [-0.2, -0.15) is 5.26 Å². The van der Waals surface area contributed by atoms with Crippen molar-refractivity contribution in [1.29, 1.82) is 5.26 Å². The summed E-state index contributed by atoms with van der Waals surface area (Å²) in [5.74, 6) is 0.00662. The first-order valence-corrected chi connectivity index (χ1v) is 6.08. The molecule has 1 aromatic carbocycles.